The minimum absolute atomic E-state index is 0.0337. The molecule has 0 N–H and O–H groups in total. The largest absolute Gasteiger partial charge is 0.450 e. The third-order valence-corrected chi connectivity index (χ3v) is 6.48. The Kier molecular flexibility index (Phi) is 4.94. The first-order valence-electron chi connectivity index (χ1n) is 10.5. The quantitative estimate of drug-likeness (QED) is 0.353. The number of carbonyl (C=O) groups is 2. The summed E-state index contributed by atoms with van der Waals surface area (Å²) in [6.45, 7) is 5.36. The Hall–Kier alpha value is -3.70. The van der Waals surface area contributed by atoms with Gasteiger partial charge in [0.15, 0.2) is 11.2 Å². The molecule has 1 atom stereocenters. The van der Waals surface area contributed by atoms with Gasteiger partial charge in [0.2, 0.25) is 5.76 Å². The lowest BCUT2D eigenvalue weighted by molar-refractivity contribution is 0.0970. The highest BCUT2D eigenvalue weighted by molar-refractivity contribution is 6.30. The molecule has 1 aliphatic rings. The molecule has 3 aromatic carbocycles. The van der Waals surface area contributed by atoms with Crippen molar-refractivity contribution >= 4 is 39.9 Å². The Labute approximate surface area is 195 Å². The van der Waals surface area contributed by atoms with Gasteiger partial charge in [0.05, 0.1) is 17.0 Å². The zero-order valence-corrected chi connectivity index (χ0v) is 19.1. The molecule has 0 bridgehead atoms. The number of rotatable bonds is 3. The van der Waals surface area contributed by atoms with Crippen LogP contribution in [0.2, 0.25) is 5.02 Å². The van der Waals surface area contributed by atoms with Crippen molar-refractivity contribution in [2.75, 3.05) is 4.90 Å². The van der Waals surface area contributed by atoms with Crippen LogP contribution in [-0.2, 0) is 0 Å². The van der Waals surface area contributed by atoms with E-state index in [4.69, 9.17) is 16.0 Å². The standard InChI is InChI=1S/C27H20ClNO4/c1-14-12-21-22(13-15(14)2)33-26-23(25(21)31)24(18-4-8-19(28)9-5-18)29(27(26)32)20-10-6-17(7-11-20)16(3)30/h4-13,24H,1-3H3. The van der Waals surface area contributed by atoms with E-state index in [9.17, 15) is 14.4 Å². The van der Waals surface area contributed by atoms with E-state index >= 15 is 0 Å². The number of nitrogens with zero attached hydrogens (tertiary/aromatic N) is 1. The van der Waals surface area contributed by atoms with Crippen LogP contribution in [0.5, 0.6) is 0 Å². The second-order valence-electron chi connectivity index (χ2n) is 8.34. The normalized spacial score (nSPS) is 15.2. The van der Waals surface area contributed by atoms with E-state index in [0.29, 0.717) is 32.8 Å². The molecule has 5 nitrogen and oxygen atoms in total. The molecule has 1 amide bonds. The number of halogens is 1. The van der Waals surface area contributed by atoms with Gasteiger partial charge in [-0.3, -0.25) is 19.3 Å². The van der Waals surface area contributed by atoms with Crippen LogP contribution < -0.4 is 10.3 Å². The van der Waals surface area contributed by atoms with Crippen molar-refractivity contribution in [2.24, 2.45) is 0 Å². The molecule has 0 radical (unpaired) electrons. The van der Waals surface area contributed by atoms with Gasteiger partial charge < -0.3 is 4.42 Å². The zero-order valence-electron chi connectivity index (χ0n) is 18.3. The summed E-state index contributed by atoms with van der Waals surface area (Å²) in [7, 11) is 0. The van der Waals surface area contributed by atoms with Crippen LogP contribution in [0, 0.1) is 13.8 Å². The van der Waals surface area contributed by atoms with Gasteiger partial charge in [0, 0.05) is 16.3 Å². The smallest absolute Gasteiger partial charge is 0.295 e. The number of fused-ring (bicyclic) bond motifs is 2. The summed E-state index contributed by atoms with van der Waals surface area (Å²) in [5, 5.41) is 0.995. The summed E-state index contributed by atoms with van der Waals surface area (Å²) in [6, 6.07) is 16.7. The molecule has 164 valence electrons. The Morgan fingerprint density at radius 1 is 0.939 bits per heavy atom. The second-order valence-corrected chi connectivity index (χ2v) is 8.78. The molecule has 33 heavy (non-hydrogen) atoms. The zero-order chi connectivity index (χ0) is 23.4. The molecule has 0 fully saturated rings. The van der Waals surface area contributed by atoms with E-state index in [1.54, 1.807) is 59.5 Å². The number of Topliss-reactive ketones (excluding diaryl/α,β-unsaturated/α-hetero) is 1. The summed E-state index contributed by atoms with van der Waals surface area (Å²) in [5.41, 5.74) is 4.24. The van der Waals surface area contributed by atoms with Gasteiger partial charge >= 0.3 is 0 Å². The van der Waals surface area contributed by atoms with E-state index < -0.39 is 11.9 Å². The fourth-order valence-corrected chi connectivity index (χ4v) is 4.44. The molecule has 0 aliphatic carbocycles. The molecule has 0 spiro atoms. The van der Waals surface area contributed by atoms with Crippen LogP contribution in [0.3, 0.4) is 0 Å². The van der Waals surface area contributed by atoms with E-state index in [1.807, 2.05) is 19.9 Å². The summed E-state index contributed by atoms with van der Waals surface area (Å²) in [6.07, 6.45) is 0. The van der Waals surface area contributed by atoms with Gasteiger partial charge in [0.25, 0.3) is 5.91 Å². The molecule has 1 unspecified atom stereocenters. The van der Waals surface area contributed by atoms with Crippen LogP contribution in [-0.4, -0.2) is 11.7 Å². The number of hydrogen-bond acceptors (Lipinski definition) is 4. The van der Waals surface area contributed by atoms with Crippen molar-refractivity contribution in [3.05, 3.63) is 109 Å². The predicted octanol–water partition coefficient (Wildman–Crippen LogP) is 6.02. The van der Waals surface area contributed by atoms with E-state index in [-0.39, 0.29) is 17.0 Å². The molecular formula is C27H20ClNO4. The van der Waals surface area contributed by atoms with E-state index in [0.717, 1.165) is 16.7 Å². The van der Waals surface area contributed by atoms with Crippen LogP contribution in [0.15, 0.2) is 69.9 Å². The topological polar surface area (TPSA) is 67.6 Å². The Morgan fingerprint density at radius 3 is 2.21 bits per heavy atom. The minimum atomic E-state index is -0.685. The number of amides is 1. The van der Waals surface area contributed by atoms with Crippen molar-refractivity contribution in [2.45, 2.75) is 26.8 Å². The van der Waals surface area contributed by atoms with Gasteiger partial charge in [-0.1, -0.05) is 23.7 Å². The fourth-order valence-electron chi connectivity index (χ4n) is 4.31. The first-order chi connectivity index (χ1) is 15.8. The van der Waals surface area contributed by atoms with Crippen molar-refractivity contribution in [1.29, 1.82) is 0 Å². The van der Waals surface area contributed by atoms with Crippen molar-refractivity contribution in [3.8, 4) is 0 Å². The van der Waals surface area contributed by atoms with E-state index in [2.05, 4.69) is 0 Å². The maximum atomic E-state index is 13.7. The first kappa shape index (κ1) is 21.2. The molecule has 0 saturated heterocycles. The third-order valence-electron chi connectivity index (χ3n) is 6.22. The van der Waals surface area contributed by atoms with Gasteiger partial charge in [-0.25, -0.2) is 0 Å². The van der Waals surface area contributed by atoms with Gasteiger partial charge in [-0.05, 0) is 86.0 Å². The maximum Gasteiger partial charge on any atom is 0.295 e. The average Bonchev–Trinajstić information content (AvgIpc) is 3.08. The summed E-state index contributed by atoms with van der Waals surface area (Å²) < 4.78 is 6.05. The fraction of sp³-hybridized carbons (Fsp3) is 0.148. The van der Waals surface area contributed by atoms with Crippen molar-refractivity contribution < 1.29 is 14.0 Å². The molecule has 5 rings (SSSR count). The Balaban J connectivity index is 1.78. The number of anilines is 1. The summed E-state index contributed by atoms with van der Waals surface area (Å²) in [4.78, 5) is 40.6. The lowest BCUT2D eigenvalue weighted by Crippen LogP contribution is -2.29. The highest BCUT2D eigenvalue weighted by atomic mass is 35.5. The highest BCUT2D eigenvalue weighted by Gasteiger charge is 2.43. The number of aryl methyl sites for hydroxylation is 2. The van der Waals surface area contributed by atoms with Gasteiger partial charge in [-0.15, -0.1) is 0 Å². The monoisotopic (exact) mass is 457 g/mol. The number of carbonyl (C=O) groups excluding carboxylic acids is 2. The van der Waals surface area contributed by atoms with Gasteiger partial charge in [-0.2, -0.15) is 0 Å². The van der Waals surface area contributed by atoms with E-state index in [1.165, 1.54) is 6.92 Å². The lowest BCUT2D eigenvalue weighted by Gasteiger charge is -2.25. The van der Waals surface area contributed by atoms with Crippen molar-refractivity contribution in [3.63, 3.8) is 0 Å². The lowest BCUT2D eigenvalue weighted by atomic mass is 9.97. The number of benzene rings is 3. The first-order valence-corrected chi connectivity index (χ1v) is 10.9. The van der Waals surface area contributed by atoms with Gasteiger partial charge in [0.1, 0.15) is 5.58 Å². The Bertz CT molecular complexity index is 1500. The maximum absolute atomic E-state index is 13.7. The molecule has 4 aromatic rings. The average molecular weight is 458 g/mol. The number of ketones is 1. The highest BCUT2D eigenvalue weighted by Crippen LogP contribution is 2.41. The van der Waals surface area contributed by atoms with Crippen LogP contribution in [0.4, 0.5) is 5.69 Å². The summed E-state index contributed by atoms with van der Waals surface area (Å²) >= 11 is 6.10. The Morgan fingerprint density at radius 2 is 1.58 bits per heavy atom. The molecule has 0 saturated carbocycles. The summed E-state index contributed by atoms with van der Waals surface area (Å²) in [5.74, 6) is -0.440. The molecule has 1 aliphatic heterocycles. The predicted molar refractivity (Wildman–Crippen MR) is 129 cm³/mol. The molecular weight excluding hydrogens is 438 g/mol. The molecule has 2 heterocycles. The van der Waals surface area contributed by atoms with Crippen molar-refractivity contribution in [1.82, 2.24) is 0 Å². The van der Waals surface area contributed by atoms with Crippen LogP contribution in [0.25, 0.3) is 11.0 Å². The number of hydrogen-bond donors (Lipinski definition) is 0. The van der Waals surface area contributed by atoms with Crippen LogP contribution in [0.1, 0.15) is 56.1 Å². The molecule has 6 heteroatoms. The minimum Gasteiger partial charge on any atom is -0.450 e. The SMILES string of the molecule is CC(=O)c1ccc(N2C(=O)c3oc4cc(C)c(C)cc4c(=O)c3C2c2ccc(Cl)cc2)cc1. The van der Waals surface area contributed by atoms with Crippen LogP contribution >= 0.6 is 11.6 Å². The molecule has 1 aromatic heterocycles. The second kappa shape index (κ2) is 7.71. The third kappa shape index (κ3) is 3.36.